The number of aromatic nitrogens is 3. The third kappa shape index (κ3) is 5.19. The van der Waals surface area contributed by atoms with Gasteiger partial charge in [-0.3, -0.25) is 0 Å². The summed E-state index contributed by atoms with van der Waals surface area (Å²) in [5.74, 6) is 1.83. The molecule has 0 aliphatic carbocycles. The zero-order valence-electron chi connectivity index (χ0n) is 29.6. The van der Waals surface area contributed by atoms with Crippen LogP contribution in [-0.4, -0.2) is 15.0 Å². The lowest BCUT2D eigenvalue weighted by molar-refractivity contribution is 0.669. The van der Waals surface area contributed by atoms with E-state index in [1.165, 1.54) is 38.4 Å². The van der Waals surface area contributed by atoms with Crippen molar-refractivity contribution in [2.75, 3.05) is 0 Å². The van der Waals surface area contributed by atoms with Crippen LogP contribution < -0.4 is 0 Å². The summed E-state index contributed by atoms with van der Waals surface area (Å²) in [4.78, 5) is 15.7. The van der Waals surface area contributed by atoms with E-state index in [4.69, 9.17) is 19.4 Å². The third-order valence-corrected chi connectivity index (χ3v) is 10.7. The van der Waals surface area contributed by atoms with Gasteiger partial charge in [-0.25, -0.2) is 15.0 Å². The standard InChI is InChI=1S/C51H31N3O/c1-3-13-32(14-4-1)37-19-9-20-38(31-37)39-22-10-17-33-27-29-35-30-28-34-18-11-23-41(46(34)47(35)45(33)39)50-52-49(36-15-5-2-6-16-36)53-51(54-50)42-24-12-26-44-48(42)40-21-7-8-25-43(40)55-44/h1-31H. The van der Waals surface area contributed by atoms with Gasteiger partial charge in [0.1, 0.15) is 11.2 Å². The average molecular weight is 702 g/mol. The van der Waals surface area contributed by atoms with Crippen molar-refractivity contribution in [2.45, 2.75) is 0 Å². The lowest BCUT2D eigenvalue weighted by Gasteiger charge is -2.16. The molecule has 0 N–H and O–H groups in total. The Morgan fingerprint density at radius 2 is 0.782 bits per heavy atom. The van der Waals surface area contributed by atoms with Gasteiger partial charge in [-0.2, -0.15) is 0 Å². The predicted molar refractivity (Wildman–Crippen MR) is 227 cm³/mol. The van der Waals surface area contributed by atoms with Gasteiger partial charge in [0.25, 0.3) is 0 Å². The van der Waals surface area contributed by atoms with Crippen LogP contribution in [0.5, 0.6) is 0 Å². The van der Waals surface area contributed by atoms with E-state index in [9.17, 15) is 0 Å². The summed E-state index contributed by atoms with van der Waals surface area (Å²) in [6.45, 7) is 0. The number of hydrogen-bond donors (Lipinski definition) is 0. The molecular weight excluding hydrogens is 671 g/mol. The van der Waals surface area contributed by atoms with E-state index in [-0.39, 0.29) is 0 Å². The molecule has 11 aromatic rings. The molecule has 0 aliphatic rings. The second-order valence-electron chi connectivity index (χ2n) is 13.9. The van der Waals surface area contributed by atoms with Crippen molar-refractivity contribution in [1.29, 1.82) is 0 Å². The minimum absolute atomic E-state index is 0.599. The lowest BCUT2D eigenvalue weighted by Crippen LogP contribution is -2.01. The van der Waals surface area contributed by atoms with Crippen LogP contribution in [0.3, 0.4) is 0 Å². The van der Waals surface area contributed by atoms with Crippen molar-refractivity contribution < 1.29 is 4.42 Å². The molecule has 0 bridgehead atoms. The molecule has 2 heterocycles. The molecule has 55 heavy (non-hydrogen) atoms. The highest BCUT2D eigenvalue weighted by molar-refractivity contribution is 6.26. The molecule has 9 aromatic carbocycles. The lowest BCUT2D eigenvalue weighted by atomic mass is 9.88. The Morgan fingerprint density at radius 1 is 0.291 bits per heavy atom. The normalized spacial score (nSPS) is 11.6. The van der Waals surface area contributed by atoms with Gasteiger partial charge in [0.2, 0.25) is 0 Å². The van der Waals surface area contributed by atoms with Crippen LogP contribution in [0.25, 0.3) is 111 Å². The van der Waals surface area contributed by atoms with Gasteiger partial charge < -0.3 is 4.42 Å². The third-order valence-electron chi connectivity index (χ3n) is 10.7. The van der Waals surface area contributed by atoms with Gasteiger partial charge in [-0.15, -0.1) is 0 Å². The van der Waals surface area contributed by atoms with E-state index in [1.54, 1.807) is 0 Å². The first kappa shape index (κ1) is 31.1. The largest absolute Gasteiger partial charge is 0.456 e. The molecule has 2 aromatic heterocycles. The van der Waals surface area contributed by atoms with Crippen molar-refractivity contribution >= 4 is 54.3 Å². The van der Waals surface area contributed by atoms with Crippen molar-refractivity contribution in [3.8, 4) is 56.4 Å². The fraction of sp³-hybridized carbons (Fsp3) is 0. The zero-order chi connectivity index (χ0) is 36.3. The Labute approximate surface area is 317 Å². The van der Waals surface area contributed by atoms with E-state index in [0.717, 1.165) is 54.8 Å². The van der Waals surface area contributed by atoms with Gasteiger partial charge >= 0.3 is 0 Å². The first-order valence-electron chi connectivity index (χ1n) is 18.5. The Morgan fingerprint density at radius 3 is 1.51 bits per heavy atom. The molecular formula is C51H31N3O. The Hall–Kier alpha value is -7.43. The van der Waals surface area contributed by atoms with Gasteiger partial charge in [0.15, 0.2) is 17.5 Å². The molecule has 0 saturated carbocycles. The number of rotatable bonds is 5. The van der Waals surface area contributed by atoms with Crippen LogP contribution in [0.15, 0.2) is 192 Å². The quantitative estimate of drug-likeness (QED) is 0.168. The van der Waals surface area contributed by atoms with E-state index < -0.39 is 0 Å². The second-order valence-corrected chi connectivity index (χ2v) is 13.9. The van der Waals surface area contributed by atoms with E-state index in [0.29, 0.717) is 17.5 Å². The second kappa shape index (κ2) is 12.6. The van der Waals surface area contributed by atoms with Crippen molar-refractivity contribution in [2.24, 2.45) is 0 Å². The van der Waals surface area contributed by atoms with E-state index in [1.807, 2.05) is 48.5 Å². The summed E-state index contributed by atoms with van der Waals surface area (Å²) in [6, 6.07) is 65.8. The van der Waals surface area contributed by atoms with E-state index in [2.05, 4.69) is 140 Å². The molecule has 0 spiro atoms. The summed E-state index contributed by atoms with van der Waals surface area (Å²) in [7, 11) is 0. The number of hydrogen-bond acceptors (Lipinski definition) is 4. The van der Waals surface area contributed by atoms with Gasteiger partial charge in [0, 0.05) is 32.8 Å². The van der Waals surface area contributed by atoms with E-state index >= 15 is 0 Å². The molecule has 0 fully saturated rings. The van der Waals surface area contributed by atoms with Gasteiger partial charge in [0.05, 0.1) is 0 Å². The fourth-order valence-corrected chi connectivity index (χ4v) is 8.19. The Kier molecular flexibility index (Phi) is 7.14. The molecule has 4 nitrogen and oxygen atoms in total. The molecule has 4 heteroatoms. The molecule has 256 valence electrons. The van der Waals surface area contributed by atoms with Crippen LogP contribution in [-0.2, 0) is 0 Å². The van der Waals surface area contributed by atoms with Crippen LogP contribution in [0.2, 0.25) is 0 Å². The predicted octanol–water partition coefficient (Wildman–Crippen LogP) is 13.6. The molecule has 0 saturated heterocycles. The van der Waals surface area contributed by atoms with Gasteiger partial charge in [-0.1, -0.05) is 170 Å². The Balaban J connectivity index is 1.21. The van der Waals surface area contributed by atoms with Crippen molar-refractivity contribution in [1.82, 2.24) is 15.0 Å². The summed E-state index contributed by atoms with van der Waals surface area (Å²) in [5.41, 5.74) is 9.15. The first-order valence-corrected chi connectivity index (χ1v) is 18.5. The maximum Gasteiger partial charge on any atom is 0.164 e. The maximum absolute atomic E-state index is 6.30. The van der Waals surface area contributed by atoms with Crippen molar-refractivity contribution in [3.05, 3.63) is 188 Å². The molecule has 0 unspecified atom stereocenters. The van der Waals surface area contributed by atoms with Gasteiger partial charge in [-0.05, 0) is 67.4 Å². The molecule has 11 rings (SSSR count). The molecule has 0 amide bonds. The van der Waals surface area contributed by atoms with Crippen LogP contribution in [0.1, 0.15) is 0 Å². The summed E-state index contributed by atoms with van der Waals surface area (Å²) < 4.78 is 6.30. The Bertz CT molecular complexity index is 3250. The molecule has 0 radical (unpaired) electrons. The number of para-hydroxylation sites is 1. The van der Waals surface area contributed by atoms with Crippen molar-refractivity contribution in [3.63, 3.8) is 0 Å². The fourth-order valence-electron chi connectivity index (χ4n) is 8.19. The summed E-state index contributed by atoms with van der Waals surface area (Å²) in [5, 5.41) is 8.97. The highest BCUT2D eigenvalue weighted by atomic mass is 16.3. The molecule has 0 aliphatic heterocycles. The smallest absolute Gasteiger partial charge is 0.164 e. The minimum Gasteiger partial charge on any atom is -0.456 e. The van der Waals surface area contributed by atoms with Crippen LogP contribution in [0, 0.1) is 0 Å². The maximum atomic E-state index is 6.30. The summed E-state index contributed by atoms with van der Waals surface area (Å²) in [6.07, 6.45) is 0. The first-order chi connectivity index (χ1) is 27.3. The van der Waals surface area contributed by atoms with Crippen LogP contribution >= 0.6 is 0 Å². The SMILES string of the molecule is c1ccc(-c2cccc(-c3cccc4ccc5ccc6cccc(-c7nc(-c8ccccc8)nc(-c8cccc9oc%10ccccc%10c89)n7)c6c5c34)c2)cc1. The number of benzene rings is 9. The number of nitrogens with zero attached hydrogens (tertiary/aromatic N) is 3. The molecule has 0 atom stereocenters. The highest BCUT2D eigenvalue weighted by Crippen LogP contribution is 2.43. The highest BCUT2D eigenvalue weighted by Gasteiger charge is 2.20. The monoisotopic (exact) mass is 701 g/mol. The zero-order valence-corrected chi connectivity index (χ0v) is 29.6. The topological polar surface area (TPSA) is 51.8 Å². The minimum atomic E-state index is 0.599. The number of furan rings is 1. The van der Waals surface area contributed by atoms with Crippen LogP contribution in [0.4, 0.5) is 0 Å². The number of fused-ring (bicyclic) bond motifs is 8. The average Bonchev–Trinajstić information content (AvgIpc) is 3.65. The summed E-state index contributed by atoms with van der Waals surface area (Å²) >= 11 is 0.